The molecule has 17 heavy (non-hydrogen) atoms. The Morgan fingerprint density at radius 3 is 1.06 bits per heavy atom. The third kappa shape index (κ3) is 1.40. The van der Waals surface area contributed by atoms with Crippen molar-refractivity contribution in [3.05, 3.63) is 53.8 Å². The average Bonchev–Trinajstić information content (AvgIpc) is 2.67. The molecule has 0 amide bonds. The van der Waals surface area contributed by atoms with Gasteiger partial charge in [0, 0.05) is 17.1 Å². The molecule has 0 fully saturated rings. The fraction of sp³-hybridized carbons (Fsp3) is 0. The summed E-state index contributed by atoms with van der Waals surface area (Å²) in [5.74, 6) is 0. The Kier molecular flexibility index (Phi) is 2.38. The van der Waals surface area contributed by atoms with Crippen molar-refractivity contribution in [1.29, 1.82) is 0 Å². The van der Waals surface area contributed by atoms with E-state index in [0.29, 0.717) is 0 Å². The van der Waals surface area contributed by atoms with Crippen LogP contribution in [-0.4, -0.2) is 0 Å². The van der Waals surface area contributed by atoms with Gasteiger partial charge in [0.15, 0.2) is 0 Å². The Labute approximate surface area is 102 Å². The summed E-state index contributed by atoms with van der Waals surface area (Å²) in [6, 6.07) is 2.29. The molecule has 0 saturated carbocycles. The van der Waals surface area contributed by atoms with Gasteiger partial charge in [0.2, 0.25) is 0 Å². The second kappa shape index (κ2) is 3.51. The molecule has 1 aromatic carbocycles. The maximum atomic E-state index is 11.2. The van der Waals surface area contributed by atoms with E-state index >= 15 is 0 Å². The molecule has 3 aromatic rings. The van der Waals surface area contributed by atoms with Gasteiger partial charge in [0.1, 0.15) is 0 Å². The van der Waals surface area contributed by atoms with Crippen molar-refractivity contribution in [1.82, 2.24) is 0 Å². The summed E-state index contributed by atoms with van der Waals surface area (Å²) in [5.41, 5.74) is -3.30. The second-order valence-electron chi connectivity index (χ2n) is 3.30. The first-order valence-electron chi connectivity index (χ1n) is 4.29. The molecule has 0 aliphatic rings. The van der Waals surface area contributed by atoms with E-state index in [4.69, 9.17) is 0 Å². The first kappa shape index (κ1) is 11.5. The zero-order valence-electron chi connectivity index (χ0n) is 7.91. The molecule has 7 heteroatoms. The Bertz CT molecular complexity index is 775. The first-order chi connectivity index (χ1) is 7.58. The zero-order chi connectivity index (χ0) is 11.4. The van der Waals surface area contributed by atoms with Crippen LogP contribution in [0.4, 0.5) is 0 Å². The van der Waals surface area contributed by atoms with Crippen LogP contribution in [0.2, 0.25) is 0 Å². The summed E-state index contributed by atoms with van der Waals surface area (Å²) in [4.78, 5) is 44.7. The Morgan fingerprint density at radius 1 is 0.588 bits per heavy atom. The molecule has 0 spiro atoms. The van der Waals surface area contributed by atoms with Crippen molar-refractivity contribution in [3.63, 3.8) is 0 Å². The third-order valence-corrected chi connectivity index (χ3v) is 2.41. The van der Waals surface area contributed by atoms with Gasteiger partial charge < -0.3 is 8.83 Å². The van der Waals surface area contributed by atoms with Crippen LogP contribution in [0.5, 0.6) is 0 Å². The number of hydrogen-bond donors (Lipinski definition) is 0. The zero-order valence-corrected chi connectivity index (χ0v) is 8.85. The van der Waals surface area contributed by atoms with Gasteiger partial charge in [0.25, 0.3) is 0 Å². The molecule has 0 aliphatic heterocycles. The number of hydrogen-bond acceptors (Lipinski definition) is 6. The molecule has 0 bridgehead atoms. The molecular formula is C10H2CuO6. The van der Waals surface area contributed by atoms with Gasteiger partial charge in [-0.15, -0.1) is 0 Å². The van der Waals surface area contributed by atoms with Crippen LogP contribution in [-0.2, 0) is 17.1 Å². The van der Waals surface area contributed by atoms with E-state index in [0.717, 1.165) is 12.1 Å². The largest absolute Gasteiger partial charge is 0.386 e. The minimum Gasteiger partial charge on any atom is -0.386 e. The van der Waals surface area contributed by atoms with Gasteiger partial charge >= 0.3 is 22.5 Å². The fourth-order valence-corrected chi connectivity index (χ4v) is 1.66. The van der Waals surface area contributed by atoms with E-state index in [1.165, 1.54) is 0 Å². The molecule has 2 heterocycles. The number of benzene rings is 1. The predicted molar refractivity (Wildman–Crippen MR) is 53.4 cm³/mol. The molecule has 0 unspecified atom stereocenters. The van der Waals surface area contributed by atoms with Gasteiger partial charge in [-0.2, -0.15) is 0 Å². The SMILES string of the molecule is O=c1oc(=O)c2cc3c(=O)oc(=O)c3cc12.[Cu]. The quantitative estimate of drug-likeness (QED) is 0.515. The normalized spacial score (nSPS) is 10.8. The molecule has 0 atom stereocenters. The molecule has 0 saturated heterocycles. The monoisotopic (exact) mass is 281 g/mol. The van der Waals surface area contributed by atoms with Crippen molar-refractivity contribution in [2.24, 2.45) is 0 Å². The van der Waals surface area contributed by atoms with E-state index < -0.39 is 22.5 Å². The number of fused-ring (bicyclic) bond motifs is 2. The van der Waals surface area contributed by atoms with E-state index in [2.05, 4.69) is 8.83 Å². The van der Waals surface area contributed by atoms with Crippen molar-refractivity contribution in [3.8, 4) is 0 Å². The van der Waals surface area contributed by atoms with Crippen LogP contribution in [0.25, 0.3) is 21.5 Å². The molecule has 6 nitrogen and oxygen atoms in total. The van der Waals surface area contributed by atoms with Gasteiger partial charge in [0.05, 0.1) is 21.5 Å². The summed E-state index contributed by atoms with van der Waals surface area (Å²) < 4.78 is 8.68. The summed E-state index contributed by atoms with van der Waals surface area (Å²) in [6.45, 7) is 0. The summed E-state index contributed by atoms with van der Waals surface area (Å²) >= 11 is 0. The maximum Gasteiger partial charge on any atom is 0.346 e. The van der Waals surface area contributed by atoms with Crippen molar-refractivity contribution in [2.75, 3.05) is 0 Å². The van der Waals surface area contributed by atoms with E-state index in [9.17, 15) is 19.2 Å². The summed E-state index contributed by atoms with van der Waals surface area (Å²) in [7, 11) is 0. The fourth-order valence-electron chi connectivity index (χ4n) is 1.66. The summed E-state index contributed by atoms with van der Waals surface area (Å²) in [6.07, 6.45) is 0. The van der Waals surface area contributed by atoms with Crippen LogP contribution < -0.4 is 22.5 Å². The van der Waals surface area contributed by atoms with Crippen molar-refractivity contribution >= 4 is 21.5 Å². The van der Waals surface area contributed by atoms with Crippen LogP contribution in [0.15, 0.2) is 40.1 Å². The van der Waals surface area contributed by atoms with Crippen molar-refractivity contribution in [2.45, 2.75) is 0 Å². The molecule has 89 valence electrons. The number of rotatable bonds is 0. The molecule has 0 aliphatic carbocycles. The van der Waals surface area contributed by atoms with E-state index in [-0.39, 0.29) is 38.6 Å². The third-order valence-electron chi connectivity index (χ3n) is 2.41. The van der Waals surface area contributed by atoms with Crippen LogP contribution in [0.1, 0.15) is 0 Å². The smallest absolute Gasteiger partial charge is 0.346 e. The van der Waals surface area contributed by atoms with Gasteiger partial charge in [-0.25, -0.2) is 19.2 Å². The molecule has 0 N–H and O–H groups in total. The van der Waals surface area contributed by atoms with Gasteiger partial charge in [-0.05, 0) is 12.1 Å². The topological polar surface area (TPSA) is 94.6 Å². The second-order valence-corrected chi connectivity index (χ2v) is 3.30. The minimum atomic E-state index is -0.824. The van der Waals surface area contributed by atoms with Crippen LogP contribution in [0, 0.1) is 0 Å². The molecule has 1 radical (unpaired) electrons. The van der Waals surface area contributed by atoms with Gasteiger partial charge in [-0.1, -0.05) is 0 Å². The van der Waals surface area contributed by atoms with Crippen molar-refractivity contribution < 1.29 is 25.9 Å². The Balaban J connectivity index is 0.00000108. The van der Waals surface area contributed by atoms with Gasteiger partial charge in [-0.3, -0.25) is 0 Å². The summed E-state index contributed by atoms with van der Waals surface area (Å²) in [5, 5.41) is -0.0726. The maximum absolute atomic E-state index is 11.2. The van der Waals surface area contributed by atoms with E-state index in [1.807, 2.05) is 0 Å². The standard InChI is InChI=1S/C10H2O6.Cu/c11-7-3-1-4-6(10(14)16-8(4)12)2-5(3)9(13)15-7;/h1-2H;. The first-order valence-corrected chi connectivity index (χ1v) is 4.29. The molecule has 3 rings (SSSR count). The van der Waals surface area contributed by atoms with Crippen LogP contribution in [0.3, 0.4) is 0 Å². The number of furan rings is 2. The molecule has 2 aromatic heterocycles. The van der Waals surface area contributed by atoms with E-state index in [1.54, 1.807) is 0 Å². The Hall–Kier alpha value is -1.98. The minimum absolute atomic E-state index is 0. The van der Waals surface area contributed by atoms with Crippen LogP contribution >= 0.6 is 0 Å². The average molecular weight is 282 g/mol. The molecular weight excluding hydrogens is 280 g/mol. The Morgan fingerprint density at radius 2 is 0.824 bits per heavy atom. The predicted octanol–water partition coefficient (Wildman–Crippen LogP) is -0.507.